The third-order valence-electron chi connectivity index (χ3n) is 7.89. The van der Waals surface area contributed by atoms with Gasteiger partial charge in [0.1, 0.15) is 0 Å². The van der Waals surface area contributed by atoms with E-state index in [0.717, 1.165) is 59.6 Å². The first kappa shape index (κ1) is 22.0. The van der Waals surface area contributed by atoms with Gasteiger partial charge < -0.3 is 14.9 Å². The summed E-state index contributed by atoms with van der Waals surface area (Å²) in [7, 11) is 0. The highest BCUT2D eigenvalue weighted by atomic mass is 16.4. The van der Waals surface area contributed by atoms with Crippen LogP contribution in [-0.4, -0.2) is 64.0 Å². The molecule has 2 saturated heterocycles. The molecule has 0 bridgehead atoms. The van der Waals surface area contributed by atoms with Crippen molar-refractivity contribution in [3.63, 3.8) is 0 Å². The van der Waals surface area contributed by atoms with Crippen molar-refractivity contribution in [1.29, 1.82) is 0 Å². The number of fused-ring (bicyclic) bond motifs is 2. The number of aryl methyl sites for hydroxylation is 1. The van der Waals surface area contributed by atoms with Gasteiger partial charge in [0.15, 0.2) is 0 Å². The van der Waals surface area contributed by atoms with Gasteiger partial charge in [-0.05, 0) is 79.1 Å². The van der Waals surface area contributed by atoms with Gasteiger partial charge in [-0.3, -0.25) is 9.69 Å². The minimum atomic E-state index is -0.828. The summed E-state index contributed by atoms with van der Waals surface area (Å²) in [5, 5.41) is 9.66. The summed E-state index contributed by atoms with van der Waals surface area (Å²) in [5.41, 5.74) is 8.54. The van der Waals surface area contributed by atoms with E-state index in [1.165, 1.54) is 24.0 Å². The normalized spacial score (nSPS) is 20.2. The molecule has 3 heterocycles. The molecular weight excluding hydrogens is 414 g/mol. The third kappa shape index (κ3) is 3.90. The maximum absolute atomic E-state index is 13.5. The van der Waals surface area contributed by atoms with E-state index in [0.29, 0.717) is 19.1 Å². The summed E-state index contributed by atoms with van der Waals surface area (Å²) in [6.45, 7) is 11.1. The van der Waals surface area contributed by atoms with Crippen molar-refractivity contribution in [3.05, 3.63) is 57.6 Å². The van der Waals surface area contributed by atoms with Crippen LogP contribution in [0.15, 0.2) is 24.3 Å². The molecule has 2 amide bonds. The van der Waals surface area contributed by atoms with Gasteiger partial charge in [-0.25, -0.2) is 4.79 Å². The van der Waals surface area contributed by atoms with Crippen LogP contribution >= 0.6 is 0 Å². The predicted octanol–water partition coefficient (Wildman–Crippen LogP) is 4.12. The lowest BCUT2D eigenvalue weighted by molar-refractivity contribution is -0.136. The van der Waals surface area contributed by atoms with Crippen LogP contribution in [0.5, 0.6) is 0 Å². The zero-order chi connectivity index (χ0) is 23.3. The lowest BCUT2D eigenvalue weighted by atomic mass is 9.84. The van der Waals surface area contributed by atoms with Crippen LogP contribution in [0.25, 0.3) is 11.1 Å². The predicted molar refractivity (Wildman–Crippen MR) is 128 cm³/mol. The molecule has 3 aliphatic heterocycles. The number of hydrogen-bond donors (Lipinski definition) is 1. The third-order valence-corrected chi connectivity index (χ3v) is 7.89. The standard InChI is InChI=1S/C27H33N3O3/c1-17-6-8-20(9-7-17)26-19(3)24-16-30(15-23(24)18(2)22(26)13-25(31)32)27(33)29-12-11-28-10-4-5-21(28)14-29/h6-9,21H,4-5,10-16H2,1-3H3,(H,31,32). The second-order valence-electron chi connectivity index (χ2n) is 9.91. The number of carbonyl (C=O) groups is 2. The molecule has 0 aromatic heterocycles. The molecule has 0 spiro atoms. The SMILES string of the molecule is Cc1ccc(-c2c(C)c3c(c(C)c2CC(=O)O)CN(C(=O)N2CCN4CCCC4C2)C3)cc1. The van der Waals surface area contributed by atoms with Crippen LogP contribution in [0.4, 0.5) is 4.79 Å². The lowest BCUT2D eigenvalue weighted by Crippen LogP contribution is -2.54. The second-order valence-corrected chi connectivity index (χ2v) is 9.91. The fourth-order valence-electron chi connectivity index (χ4n) is 6.05. The molecule has 3 aliphatic rings. The fourth-order valence-corrected chi connectivity index (χ4v) is 6.05. The minimum absolute atomic E-state index is 0.0131. The maximum atomic E-state index is 13.5. The Balaban J connectivity index is 1.48. The van der Waals surface area contributed by atoms with Crippen molar-refractivity contribution in [3.8, 4) is 11.1 Å². The number of piperazine rings is 1. The van der Waals surface area contributed by atoms with E-state index < -0.39 is 5.97 Å². The zero-order valence-electron chi connectivity index (χ0n) is 19.9. The van der Waals surface area contributed by atoms with Crippen LogP contribution < -0.4 is 0 Å². The average Bonchev–Trinajstić information content (AvgIpc) is 3.45. The van der Waals surface area contributed by atoms with E-state index in [-0.39, 0.29) is 12.5 Å². The quantitative estimate of drug-likeness (QED) is 0.769. The molecule has 0 radical (unpaired) electrons. The Bertz CT molecular complexity index is 1110. The van der Waals surface area contributed by atoms with Crippen LogP contribution in [-0.2, 0) is 24.3 Å². The number of carboxylic acid groups (broad SMARTS) is 1. The van der Waals surface area contributed by atoms with Crippen LogP contribution in [0, 0.1) is 20.8 Å². The summed E-state index contributed by atoms with van der Waals surface area (Å²) in [4.78, 5) is 31.7. The summed E-state index contributed by atoms with van der Waals surface area (Å²) >= 11 is 0. The van der Waals surface area contributed by atoms with Gasteiger partial charge >= 0.3 is 12.0 Å². The molecule has 1 atom stereocenters. The van der Waals surface area contributed by atoms with Crippen molar-refractivity contribution in [2.45, 2.75) is 59.2 Å². The topological polar surface area (TPSA) is 64.1 Å². The van der Waals surface area contributed by atoms with Gasteiger partial charge in [0.2, 0.25) is 0 Å². The zero-order valence-corrected chi connectivity index (χ0v) is 19.9. The highest BCUT2D eigenvalue weighted by Gasteiger charge is 2.37. The monoisotopic (exact) mass is 447 g/mol. The van der Waals surface area contributed by atoms with Crippen LogP contribution in [0.1, 0.15) is 46.2 Å². The van der Waals surface area contributed by atoms with Gasteiger partial charge in [0.05, 0.1) is 6.42 Å². The number of nitrogens with zero attached hydrogens (tertiary/aromatic N) is 3. The van der Waals surface area contributed by atoms with Gasteiger partial charge in [-0.2, -0.15) is 0 Å². The number of aliphatic carboxylic acids is 1. The molecule has 174 valence electrons. The number of urea groups is 1. The van der Waals surface area contributed by atoms with E-state index in [2.05, 4.69) is 43.0 Å². The Morgan fingerprint density at radius 3 is 2.33 bits per heavy atom. The van der Waals surface area contributed by atoms with Crippen LogP contribution in [0.3, 0.4) is 0 Å². The van der Waals surface area contributed by atoms with Crippen molar-refractivity contribution >= 4 is 12.0 Å². The van der Waals surface area contributed by atoms with E-state index in [1.54, 1.807) is 0 Å². The minimum Gasteiger partial charge on any atom is -0.481 e. The molecule has 6 heteroatoms. The average molecular weight is 448 g/mol. The number of benzene rings is 2. The van der Waals surface area contributed by atoms with Gasteiger partial charge in [-0.1, -0.05) is 29.8 Å². The smallest absolute Gasteiger partial charge is 0.320 e. The van der Waals surface area contributed by atoms with Crippen molar-refractivity contribution < 1.29 is 14.7 Å². The highest BCUT2D eigenvalue weighted by Crippen LogP contribution is 2.40. The summed E-state index contributed by atoms with van der Waals surface area (Å²) < 4.78 is 0. The first-order chi connectivity index (χ1) is 15.8. The number of hydrogen-bond acceptors (Lipinski definition) is 3. The first-order valence-electron chi connectivity index (χ1n) is 12.0. The van der Waals surface area contributed by atoms with E-state index in [4.69, 9.17) is 0 Å². The van der Waals surface area contributed by atoms with Gasteiger partial charge in [0.25, 0.3) is 0 Å². The van der Waals surface area contributed by atoms with Crippen molar-refractivity contribution in [1.82, 2.24) is 14.7 Å². The van der Waals surface area contributed by atoms with Gasteiger partial charge in [0, 0.05) is 38.8 Å². The maximum Gasteiger partial charge on any atom is 0.320 e. The molecule has 6 nitrogen and oxygen atoms in total. The molecule has 1 N–H and O–H groups in total. The number of carboxylic acids is 1. The Labute approximate surface area is 195 Å². The Morgan fingerprint density at radius 2 is 1.64 bits per heavy atom. The van der Waals surface area contributed by atoms with Crippen LogP contribution in [0.2, 0.25) is 0 Å². The first-order valence-corrected chi connectivity index (χ1v) is 12.0. The summed E-state index contributed by atoms with van der Waals surface area (Å²) in [6, 6.07) is 8.92. The number of rotatable bonds is 3. The molecule has 2 fully saturated rings. The van der Waals surface area contributed by atoms with E-state index in [1.807, 2.05) is 16.7 Å². The molecule has 0 saturated carbocycles. The fraction of sp³-hybridized carbons (Fsp3) is 0.481. The summed E-state index contributed by atoms with van der Waals surface area (Å²) in [5.74, 6) is -0.828. The Hall–Kier alpha value is -2.86. The molecular formula is C27H33N3O3. The van der Waals surface area contributed by atoms with Crippen molar-refractivity contribution in [2.24, 2.45) is 0 Å². The molecule has 0 aliphatic carbocycles. The largest absolute Gasteiger partial charge is 0.481 e. The Morgan fingerprint density at radius 1 is 0.939 bits per heavy atom. The molecule has 33 heavy (non-hydrogen) atoms. The van der Waals surface area contributed by atoms with E-state index in [9.17, 15) is 14.7 Å². The number of amides is 2. The molecule has 1 unspecified atom stereocenters. The van der Waals surface area contributed by atoms with Crippen molar-refractivity contribution in [2.75, 3.05) is 26.2 Å². The highest BCUT2D eigenvalue weighted by molar-refractivity contribution is 5.83. The molecule has 2 aromatic rings. The Kier molecular flexibility index (Phi) is 5.65. The van der Waals surface area contributed by atoms with Gasteiger partial charge in [-0.15, -0.1) is 0 Å². The molecule has 2 aromatic carbocycles. The lowest BCUT2D eigenvalue weighted by Gasteiger charge is -2.39. The second kappa shape index (κ2) is 8.49. The molecule has 5 rings (SSSR count). The van der Waals surface area contributed by atoms with E-state index >= 15 is 0 Å². The number of carbonyl (C=O) groups excluding carboxylic acids is 1. The summed E-state index contributed by atoms with van der Waals surface area (Å²) in [6.07, 6.45) is 2.40.